The molecule has 2 aromatic carbocycles. The number of ether oxygens (including phenoxy) is 1. The zero-order chi connectivity index (χ0) is 15.8. The Morgan fingerprint density at radius 1 is 1.09 bits per heavy atom. The lowest BCUT2D eigenvalue weighted by molar-refractivity contribution is 0.227. The Morgan fingerprint density at radius 2 is 1.87 bits per heavy atom. The van der Waals surface area contributed by atoms with Gasteiger partial charge in [0, 0.05) is 23.6 Å². The van der Waals surface area contributed by atoms with E-state index >= 15 is 0 Å². The summed E-state index contributed by atoms with van der Waals surface area (Å²) in [5.74, 6) is 1.41. The second-order valence-electron chi connectivity index (χ2n) is 6.52. The van der Waals surface area contributed by atoms with Gasteiger partial charge in [-0.1, -0.05) is 24.3 Å². The third-order valence-electron chi connectivity index (χ3n) is 5.05. The minimum atomic E-state index is 0.401. The maximum absolute atomic E-state index is 5.28. The van der Waals surface area contributed by atoms with E-state index in [0.717, 1.165) is 31.0 Å². The van der Waals surface area contributed by atoms with Crippen LogP contribution in [0.2, 0.25) is 0 Å². The number of hydrogen-bond acceptors (Lipinski definition) is 3. The topological polar surface area (TPSA) is 24.8 Å². The molecule has 3 nitrogen and oxygen atoms in total. The SMILES string of the molecule is COc1ccc(C2=N[C@@H]3CCN(C)C[C@@H]3c3ccccc32)cc1. The Labute approximate surface area is 137 Å². The molecule has 0 aliphatic carbocycles. The monoisotopic (exact) mass is 306 g/mol. The van der Waals surface area contributed by atoms with E-state index < -0.39 is 0 Å². The van der Waals surface area contributed by atoms with E-state index in [9.17, 15) is 0 Å². The molecule has 3 heteroatoms. The highest BCUT2D eigenvalue weighted by atomic mass is 16.5. The third-order valence-corrected chi connectivity index (χ3v) is 5.05. The Bertz CT molecular complexity index is 736. The number of nitrogens with zero attached hydrogens (tertiary/aromatic N) is 2. The standard InChI is InChI=1S/C20H22N2O/c1-22-12-11-19-18(13-22)16-5-3-4-6-17(16)20(21-19)14-7-9-15(23-2)10-8-14/h3-10,18-19H,11-13H2,1-2H3/t18-,19-/m1/s1. The fourth-order valence-electron chi connectivity index (χ4n) is 3.81. The maximum atomic E-state index is 5.28. The summed E-state index contributed by atoms with van der Waals surface area (Å²) >= 11 is 0. The minimum Gasteiger partial charge on any atom is -0.497 e. The molecule has 0 N–H and O–H groups in total. The molecule has 2 aliphatic rings. The van der Waals surface area contributed by atoms with Crippen LogP contribution in [0.1, 0.15) is 29.0 Å². The molecule has 118 valence electrons. The average Bonchev–Trinajstić information content (AvgIpc) is 2.61. The number of rotatable bonds is 2. The number of aliphatic imine (C=N–C) groups is 1. The molecular weight excluding hydrogens is 284 g/mol. The molecule has 0 spiro atoms. The molecule has 0 saturated carbocycles. The zero-order valence-electron chi connectivity index (χ0n) is 13.7. The maximum Gasteiger partial charge on any atom is 0.118 e. The average molecular weight is 306 g/mol. The quantitative estimate of drug-likeness (QED) is 0.850. The molecule has 0 radical (unpaired) electrons. The summed E-state index contributed by atoms with van der Waals surface area (Å²) < 4.78 is 5.28. The van der Waals surface area contributed by atoms with Crippen LogP contribution in [-0.4, -0.2) is 43.9 Å². The van der Waals surface area contributed by atoms with Gasteiger partial charge in [-0.05, 0) is 49.8 Å². The highest BCUT2D eigenvalue weighted by molar-refractivity contribution is 6.14. The number of piperidine rings is 1. The van der Waals surface area contributed by atoms with Crippen LogP contribution in [0.5, 0.6) is 5.75 Å². The largest absolute Gasteiger partial charge is 0.497 e. The van der Waals surface area contributed by atoms with Gasteiger partial charge in [-0.15, -0.1) is 0 Å². The van der Waals surface area contributed by atoms with Crippen molar-refractivity contribution in [2.24, 2.45) is 4.99 Å². The van der Waals surface area contributed by atoms with Crippen LogP contribution >= 0.6 is 0 Å². The van der Waals surface area contributed by atoms with Gasteiger partial charge in [0.15, 0.2) is 0 Å². The van der Waals surface area contributed by atoms with Crippen molar-refractivity contribution in [2.45, 2.75) is 18.4 Å². The van der Waals surface area contributed by atoms with E-state index in [1.807, 2.05) is 12.1 Å². The number of fused-ring (bicyclic) bond motifs is 3. The van der Waals surface area contributed by atoms with Crippen molar-refractivity contribution in [1.82, 2.24) is 4.90 Å². The lowest BCUT2D eigenvalue weighted by atomic mass is 9.79. The van der Waals surface area contributed by atoms with Crippen LogP contribution in [0.25, 0.3) is 0 Å². The Hall–Kier alpha value is -2.13. The van der Waals surface area contributed by atoms with Crippen molar-refractivity contribution < 1.29 is 4.74 Å². The van der Waals surface area contributed by atoms with Crippen molar-refractivity contribution in [1.29, 1.82) is 0 Å². The summed E-state index contributed by atoms with van der Waals surface area (Å²) in [5.41, 5.74) is 5.05. The Balaban J connectivity index is 1.79. The molecule has 2 heterocycles. The summed E-state index contributed by atoms with van der Waals surface area (Å²) in [6.07, 6.45) is 1.13. The van der Waals surface area contributed by atoms with Gasteiger partial charge in [0.1, 0.15) is 5.75 Å². The fraction of sp³-hybridized carbons (Fsp3) is 0.350. The van der Waals surface area contributed by atoms with Crippen LogP contribution in [-0.2, 0) is 0 Å². The fourth-order valence-corrected chi connectivity index (χ4v) is 3.81. The van der Waals surface area contributed by atoms with Crippen molar-refractivity contribution in [3.8, 4) is 5.75 Å². The summed E-state index contributed by atoms with van der Waals surface area (Å²) in [7, 11) is 3.91. The number of hydrogen-bond donors (Lipinski definition) is 0. The van der Waals surface area contributed by atoms with E-state index in [2.05, 4.69) is 48.3 Å². The molecule has 1 saturated heterocycles. The van der Waals surface area contributed by atoms with Crippen molar-refractivity contribution >= 4 is 5.71 Å². The van der Waals surface area contributed by atoms with Gasteiger partial charge >= 0.3 is 0 Å². The summed E-state index contributed by atoms with van der Waals surface area (Å²) in [6, 6.07) is 17.4. The summed E-state index contributed by atoms with van der Waals surface area (Å²) in [6.45, 7) is 2.23. The molecule has 0 aromatic heterocycles. The molecule has 2 aliphatic heterocycles. The first-order valence-electron chi connectivity index (χ1n) is 8.26. The van der Waals surface area contributed by atoms with Gasteiger partial charge in [-0.3, -0.25) is 4.99 Å². The molecule has 2 atom stereocenters. The van der Waals surface area contributed by atoms with Crippen LogP contribution in [0, 0.1) is 0 Å². The summed E-state index contributed by atoms with van der Waals surface area (Å²) in [5, 5.41) is 0. The predicted molar refractivity (Wildman–Crippen MR) is 93.7 cm³/mol. The second-order valence-corrected chi connectivity index (χ2v) is 6.52. The summed E-state index contributed by atoms with van der Waals surface area (Å²) in [4.78, 5) is 7.58. The number of likely N-dealkylation sites (tertiary alicyclic amines) is 1. The molecular formula is C20H22N2O. The van der Waals surface area contributed by atoms with E-state index in [4.69, 9.17) is 9.73 Å². The highest BCUT2D eigenvalue weighted by Gasteiger charge is 2.34. The first-order valence-corrected chi connectivity index (χ1v) is 8.26. The van der Waals surface area contributed by atoms with Crippen molar-refractivity contribution in [3.63, 3.8) is 0 Å². The van der Waals surface area contributed by atoms with Crippen LogP contribution in [0.4, 0.5) is 0 Å². The first-order chi connectivity index (χ1) is 11.3. The molecule has 1 fully saturated rings. The smallest absolute Gasteiger partial charge is 0.118 e. The molecule has 23 heavy (non-hydrogen) atoms. The van der Waals surface area contributed by atoms with Gasteiger partial charge in [-0.25, -0.2) is 0 Å². The van der Waals surface area contributed by atoms with E-state index in [0.29, 0.717) is 12.0 Å². The van der Waals surface area contributed by atoms with Crippen molar-refractivity contribution in [2.75, 3.05) is 27.2 Å². The predicted octanol–water partition coefficient (Wildman–Crippen LogP) is 3.33. The van der Waals surface area contributed by atoms with Gasteiger partial charge in [-0.2, -0.15) is 0 Å². The van der Waals surface area contributed by atoms with Gasteiger partial charge in [0.05, 0.1) is 18.9 Å². The normalized spacial score (nSPS) is 23.7. The molecule has 0 amide bonds. The van der Waals surface area contributed by atoms with Crippen LogP contribution in [0.3, 0.4) is 0 Å². The second kappa shape index (κ2) is 5.82. The van der Waals surface area contributed by atoms with Gasteiger partial charge < -0.3 is 9.64 Å². The lowest BCUT2D eigenvalue weighted by Gasteiger charge is -2.39. The van der Waals surface area contributed by atoms with Crippen LogP contribution in [0.15, 0.2) is 53.5 Å². The molecule has 0 bridgehead atoms. The van der Waals surface area contributed by atoms with E-state index in [-0.39, 0.29) is 0 Å². The highest BCUT2D eigenvalue weighted by Crippen LogP contribution is 2.36. The number of benzene rings is 2. The number of methoxy groups -OCH3 is 1. The minimum absolute atomic E-state index is 0.401. The molecule has 0 unspecified atom stereocenters. The number of likely N-dealkylation sites (N-methyl/N-ethyl adjacent to an activating group) is 1. The molecule has 4 rings (SSSR count). The van der Waals surface area contributed by atoms with Crippen LogP contribution < -0.4 is 4.74 Å². The van der Waals surface area contributed by atoms with E-state index in [1.165, 1.54) is 16.7 Å². The molecule has 2 aromatic rings. The lowest BCUT2D eigenvalue weighted by Crippen LogP contribution is -2.41. The zero-order valence-corrected chi connectivity index (χ0v) is 13.7. The van der Waals surface area contributed by atoms with Crippen molar-refractivity contribution in [3.05, 3.63) is 65.2 Å². The third kappa shape index (κ3) is 2.55. The van der Waals surface area contributed by atoms with E-state index in [1.54, 1.807) is 7.11 Å². The Kier molecular flexibility index (Phi) is 3.66. The Morgan fingerprint density at radius 3 is 2.65 bits per heavy atom. The van der Waals surface area contributed by atoms with Gasteiger partial charge in [0.2, 0.25) is 0 Å². The first kappa shape index (κ1) is 14.5. The van der Waals surface area contributed by atoms with Gasteiger partial charge in [0.25, 0.3) is 0 Å².